The zero-order valence-corrected chi connectivity index (χ0v) is 30.5. The number of hydrogen-bond donors (Lipinski definition) is 0. The molecular weight excluding hydrogens is 685 g/mol. The van der Waals surface area contributed by atoms with E-state index < -0.39 is 0 Å². The van der Waals surface area contributed by atoms with E-state index in [4.69, 9.17) is 19.4 Å². The maximum atomic E-state index is 6.64. The fourth-order valence-electron chi connectivity index (χ4n) is 7.73. The van der Waals surface area contributed by atoms with Gasteiger partial charge in [0.2, 0.25) is 0 Å². The van der Waals surface area contributed by atoms with Gasteiger partial charge in [-0.05, 0) is 59.2 Å². The number of rotatable bonds is 8. The van der Waals surface area contributed by atoms with Crippen molar-refractivity contribution in [1.29, 1.82) is 0 Å². The van der Waals surface area contributed by atoms with Crippen LogP contribution in [0, 0.1) is 0 Å². The van der Waals surface area contributed by atoms with E-state index in [1.165, 1.54) is 5.56 Å². The minimum atomic E-state index is 0.182. The first kappa shape index (κ1) is 33.2. The molecule has 1 aliphatic rings. The van der Waals surface area contributed by atoms with E-state index >= 15 is 0 Å². The molecule has 5 heteroatoms. The van der Waals surface area contributed by atoms with Crippen LogP contribution >= 0.6 is 0 Å². The van der Waals surface area contributed by atoms with Crippen molar-refractivity contribution in [3.8, 4) is 45.3 Å². The Morgan fingerprint density at radius 2 is 0.964 bits per heavy atom. The highest BCUT2D eigenvalue weighted by molar-refractivity contribution is 6.01. The molecule has 0 saturated heterocycles. The molecule has 10 rings (SSSR count). The lowest BCUT2D eigenvalue weighted by molar-refractivity contribution is 0.532. The summed E-state index contributed by atoms with van der Waals surface area (Å²) in [5, 5.41) is 1.14. The van der Waals surface area contributed by atoms with Crippen LogP contribution in [-0.2, 0) is 6.42 Å². The predicted octanol–water partition coefficient (Wildman–Crippen LogP) is 13.1. The summed E-state index contributed by atoms with van der Waals surface area (Å²) in [6.07, 6.45) is 5.38. The summed E-state index contributed by atoms with van der Waals surface area (Å²) in [6.45, 7) is 0. The van der Waals surface area contributed by atoms with Crippen molar-refractivity contribution in [1.82, 2.24) is 15.0 Å². The summed E-state index contributed by atoms with van der Waals surface area (Å²) >= 11 is 0. The van der Waals surface area contributed by atoms with Crippen molar-refractivity contribution >= 4 is 34.1 Å². The number of anilines is 3. The molecule has 0 fully saturated rings. The molecule has 0 amide bonds. The molecule has 2 heterocycles. The Morgan fingerprint density at radius 3 is 1.55 bits per heavy atom. The van der Waals surface area contributed by atoms with Crippen LogP contribution < -0.4 is 4.90 Å². The van der Waals surface area contributed by atoms with Gasteiger partial charge in [-0.3, -0.25) is 0 Å². The largest absolute Gasteiger partial charge is 0.460 e. The third kappa shape index (κ3) is 6.35. The molecular formula is C51H36N4O. The monoisotopic (exact) mass is 720 g/mol. The van der Waals surface area contributed by atoms with Crippen molar-refractivity contribution in [3.05, 3.63) is 211 Å². The van der Waals surface area contributed by atoms with Gasteiger partial charge in [-0.2, -0.15) is 0 Å². The number of furan rings is 1. The van der Waals surface area contributed by atoms with Crippen LogP contribution in [0.3, 0.4) is 0 Å². The van der Waals surface area contributed by atoms with E-state index in [2.05, 4.69) is 144 Å². The fraction of sp³-hybridized carbons (Fsp3) is 0.0392. The number of allylic oxidation sites excluding steroid dienone is 1. The molecule has 0 N–H and O–H groups in total. The first-order chi connectivity index (χ1) is 27.7. The second-order valence-electron chi connectivity index (χ2n) is 14.0. The third-order valence-electron chi connectivity index (χ3n) is 10.5. The second-order valence-corrected chi connectivity index (χ2v) is 14.0. The molecule has 5 nitrogen and oxygen atoms in total. The summed E-state index contributed by atoms with van der Waals surface area (Å²) in [7, 11) is 0. The van der Waals surface area contributed by atoms with Crippen molar-refractivity contribution in [2.24, 2.45) is 0 Å². The highest BCUT2D eigenvalue weighted by Crippen LogP contribution is 2.42. The van der Waals surface area contributed by atoms with Crippen LogP contribution in [0.4, 0.5) is 17.1 Å². The van der Waals surface area contributed by atoms with Crippen molar-refractivity contribution in [2.45, 2.75) is 12.3 Å². The van der Waals surface area contributed by atoms with Crippen LogP contribution in [0.25, 0.3) is 62.3 Å². The second kappa shape index (κ2) is 14.5. The Kier molecular flexibility index (Phi) is 8.58. The standard InChI is InChI=1S/C51H36N4O/c1-5-15-36(16-6-1)49-52-50(37-17-7-2-8-18-37)54-51(53-49)38-29-27-35(28-30-38)44-25-14-26-46-48(44)45-32-31-40(34-47(45)56-46)39-19-13-24-43(33-39)55(41-20-9-3-10-21-41)42-22-11-4-12-23-42/h1-33,40H,34H2. The van der Waals surface area contributed by atoms with Crippen molar-refractivity contribution in [3.63, 3.8) is 0 Å². The minimum absolute atomic E-state index is 0.182. The molecule has 0 bridgehead atoms. The van der Waals surface area contributed by atoms with Gasteiger partial charge in [-0.1, -0.05) is 158 Å². The zero-order valence-electron chi connectivity index (χ0n) is 30.5. The first-order valence-electron chi connectivity index (χ1n) is 19.0. The normalized spacial score (nSPS) is 13.4. The molecule has 2 aromatic heterocycles. The van der Waals surface area contributed by atoms with Crippen LogP contribution in [-0.4, -0.2) is 15.0 Å². The summed E-state index contributed by atoms with van der Waals surface area (Å²) in [4.78, 5) is 17.0. The van der Waals surface area contributed by atoms with E-state index in [9.17, 15) is 0 Å². The van der Waals surface area contributed by atoms with Gasteiger partial charge in [0.05, 0.1) is 0 Å². The Bertz CT molecular complexity index is 2720. The molecule has 9 aromatic rings. The molecule has 1 atom stereocenters. The van der Waals surface area contributed by atoms with E-state index in [1.807, 2.05) is 60.7 Å². The van der Waals surface area contributed by atoms with Gasteiger partial charge in [0.15, 0.2) is 17.5 Å². The van der Waals surface area contributed by atoms with Gasteiger partial charge in [-0.25, -0.2) is 15.0 Å². The maximum Gasteiger partial charge on any atom is 0.164 e. The average Bonchev–Trinajstić information content (AvgIpc) is 3.66. The molecule has 56 heavy (non-hydrogen) atoms. The zero-order chi connectivity index (χ0) is 37.3. The summed E-state index contributed by atoms with van der Waals surface area (Å²) in [5.74, 6) is 3.12. The summed E-state index contributed by atoms with van der Waals surface area (Å²) in [5.41, 5.74) is 11.7. The molecule has 0 radical (unpaired) electrons. The lowest BCUT2D eigenvalue weighted by atomic mass is 9.87. The Hall–Kier alpha value is -7.37. The lowest BCUT2D eigenvalue weighted by Gasteiger charge is -2.26. The van der Waals surface area contributed by atoms with E-state index in [0.717, 1.165) is 73.6 Å². The third-order valence-corrected chi connectivity index (χ3v) is 10.5. The van der Waals surface area contributed by atoms with Gasteiger partial charge in [0.1, 0.15) is 11.3 Å². The number of para-hydroxylation sites is 2. The summed E-state index contributed by atoms with van der Waals surface area (Å²) in [6, 6.07) is 65.0. The molecule has 266 valence electrons. The molecule has 7 aromatic carbocycles. The quantitative estimate of drug-likeness (QED) is 0.156. The SMILES string of the molecule is C1=CC(c2cccc(N(c3ccccc3)c3ccccc3)c2)Cc2oc3cccc(-c4ccc(-c5nc(-c6ccccc6)nc(-c6ccccc6)n5)cc4)c3c21. The minimum Gasteiger partial charge on any atom is -0.460 e. The van der Waals surface area contributed by atoms with Crippen LogP contribution in [0.5, 0.6) is 0 Å². The van der Waals surface area contributed by atoms with Gasteiger partial charge in [0.25, 0.3) is 0 Å². The van der Waals surface area contributed by atoms with Gasteiger partial charge >= 0.3 is 0 Å². The van der Waals surface area contributed by atoms with Gasteiger partial charge in [-0.15, -0.1) is 0 Å². The predicted molar refractivity (Wildman–Crippen MR) is 228 cm³/mol. The number of nitrogens with zero attached hydrogens (tertiary/aromatic N) is 4. The molecule has 1 aliphatic carbocycles. The molecule has 0 saturated carbocycles. The Balaban J connectivity index is 0.969. The van der Waals surface area contributed by atoms with Crippen LogP contribution in [0.15, 0.2) is 199 Å². The Morgan fingerprint density at radius 1 is 0.464 bits per heavy atom. The topological polar surface area (TPSA) is 55.1 Å². The number of aromatic nitrogens is 3. The number of fused-ring (bicyclic) bond motifs is 3. The maximum absolute atomic E-state index is 6.64. The van der Waals surface area contributed by atoms with E-state index in [0.29, 0.717) is 17.5 Å². The average molecular weight is 721 g/mol. The van der Waals surface area contributed by atoms with Crippen molar-refractivity contribution in [2.75, 3.05) is 4.90 Å². The van der Waals surface area contributed by atoms with Crippen LogP contribution in [0.1, 0.15) is 22.8 Å². The van der Waals surface area contributed by atoms with Crippen molar-refractivity contribution < 1.29 is 4.42 Å². The van der Waals surface area contributed by atoms with Crippen LogP contribution in [0.2, 0.25) is 0 Å². The van der Waals surface area contributed by atoms with Gasteiger partial charge in [0, 0.05) is 57.0 Å². The molecule has 1 unspecified atom stereocenters. The number of benzene rings is 7. The molecule has 0 spiro atoms. The van der Waals surface area contributed by atoms with Gasteiger partial charge < -0.3 is 9.32 Å². The van der Waals surface area contributed by atoms with E-state index in [1.54, 1.807) is 0 Å². The summed E-state index contributed by atoms with van der Waals surface area (Å²) < 4.78 is 6.64. The molecule has 0 aliphatic heterocycles. The smallest absolute Gasteiger partial charge is 0.164 e. The number of hydrogen-bond acceptors (Lipinski definition) is 5. The fourth-order valence-corrected chi connectivity index (χ4v) is 7.73. The first-order valence-corrected chi connectivity index (χ1v) is 19.0. The highest BCUT2D eigenvalue weighted by Gasteiger charge is 2.24. The highest BCUT2D eigenvalue weighted by atomic mass is 16.3. The van der Waals surface area contributed by atoms with E-state index in [-0.39, 0.29) is 5.92 Å². The lowest BCUT2D eigenvalue weighted by Crippen LogP contribution is -2.11. The Labute approximate surface area is 325 Å².